The molecule has 0 unspecified atom stereocenters. The molecule has 0 spiro atoms. The van der Waals surface area contributed by atoms with Gasteiger partial charge in [0, 0.05) is 5.56 Å². The molecule has 7 heteroatoms. The molecular formula is C36H46O7. The SMILES string of the molecule is CC=CCc1cc(CC=CC)c(OC(=O)C(C)(C)C)c(C=C(OC)C(=O)c2ccc(OC(=O)C(C)(C)C)cc2)c1OCC. The van der Waals surface area contributed by atoms with Gasteiger partial charge in [0.2, 0.25) is 5.78 Å². The van der Waals surface area contributed by atoms with Crippen molar-refractivity contribution in [1.82, 2.24) is 0 Å². The van der Waals surface area contributed by atoms with Crippen molar-refractivity contribution in [3.63, 3.8) is 0 Å². The Hall–Kier alpha value is -4.13. The van der Waals surface area contributed by atoms with Gasteiger partial charge in [-0.2, -0.15) is 0 Å². The summed E-state index contributed by atoms with van der Waals surface area (Å²) in [5.41, 5.74) is 0.995. The zero-order valence-corrected chi connectivity index (χ0v) is 27.3. The maximum Gasteiger partial charge on any atom is 0.316 e. The highest BCUT2D eigenvalue weighted by molar-refractivity contribution is 6.10. The zero-order valence-electron chi connectivity index (χ0n) is 27.3. The van der Waals surface area contributed by atoms with Crippen LogP contribution in [0.3, 0.4) is 0 Å². The average Bonchev–Trinajstić information content (AvgIpc) is 2.94. The maximum absolute atomic E-state index is 13.7. The smallest absolute Gasteiger partial charge is 0.316 e. The first-order valence-corrected chi connectivity index (χ1v) is 14.6. The molecule has 0 bridgehead atoms. The predicted molar refractivity (Wildman–Crippen MR) is 171 cm³/mol. The van der Waals surface area contributed by atoms with Gasteiger partial charge in [-0.1, -0.05) is 24.3 Å². The normalized spacial score (nSPS) is 12.5. The Kier molecular flexibility index (Phi) is 12.5. The summed E-state index contributed by atoms with van der Waals surface area (Å²) < 4.78 is 23.3. The van der Waals surface area contributed by atoms with E-state index >= 15 is 0 Å². The maximum atomic E-state index is 13.7. The lowest BCUT2D eigenvalue weighted by Crippen LogP contribution is -2.26. The standard InChI is InChI=1S/C36H46O7/c1-11-14-16-25-22-26(17-15-12-2)32(43-34(39)36(7,8)9)28(31(25)41-13-3)23-29(40-10)30(37)24-18-20-27(21-19-24)42-33(38)35(4,5)6/h11-12,14-15,18-23H,13,16-17H2,1-10H3. The molecule has 0 fully saturated rings. The van der Waals surface area contributed by atoms with E-state index in [1.807, 2.05) is 51.1 Å². The highest BCUT2D eigenvalue weighted by Gasteiger charge is 2.29. The van der Waals surface area contributed by atoms with Crippen LogP contribution in [0.2, 0.25) is 0 Å². The number of Topliss-reactive ketones (excluding diaryl/α,β-unsaturated/α-hetero) is 1. The number of methoxy groups -OCH3 is 1. The van der Waals surface area contributed by atoms with Gasteiger partial charge >= 0.3 is 11.9 Å². The van der Waals surface area contributed by atoms with Crippen molar-refractivity contribution in [3.05, 3.63) is 82.6 Å². The van der Waals surface area contributed by atoms with Crippen LogP contribution in [-0.2, 0) is 27.2 Å². The van der Waals surface area contributed by atoms with E-state index in [0.717, 1.165) is 11.1 Å². The van der Waals surface area contributed by atoms with E-state index in [1.165, 1.54) is 7.11 Å². The third kappa shape index (κ3) is 9.70. The second-order valence-electron chi connectivity index (χ2n) is 12.1. The van der Waals surface area contributed by atoms with Crippen LogP contribution >= 0.6 is 0 Å². The number of esters is 2. The molecule has 0 aliphatic heterocycles. The number of hydrogen-bond acceptors (Lipinski definition) is 7. The summed E-state index contributed by atoms with van der Waals surface area (Å²) in [7, 11) is 1.41. The third-order valence-electron chi connectivity index (χ3n) is 6.32. The van der Waals surface area contributed by atoms with Gasteiger partial charge in [-0.05, 0) is 123 Å². The lowest BCUT2D eigenvalue weighted by Gasteiger charge is -2.23. The summed E-state index contributed by atoms with van der Waals surface area (Å²) in [6.45, 7) is 16.8. The summed E-state index contributed by atoms with van der Waals surface area (Å²) in [4.78, 5) is 39.1. The van der Waals surface area contributed by atoms with Gasteiger partial charge < -0.3 is 18.9 Å². The number of allylic oxidation sites excluding steroid dienone is 5. The quantitative estimate of drug-likeness (QED) is 0.0616. The summed E-state index contributed by atoms with van der Waals surface area (Å²) in [5.74, 6) is -0.0191. The molecule has 2 aromatic carbocycles. The number of rotatable bonds is 12. The molecular weight excluding hydrogens is 544 g/mol. The highest BCUT2D eigenvalue weighted by Crippen LogP contribution is 2.40. The lowest BCUT2D eigenvalue weighted by molar-refractivity contribution is -0.143. The molecule has 7 nitrogen and oxygen atoms in total. The van der Waals surface area contributed by atoms with Gasteiger partial charge in [0.15, 0.2) is 5.76 Å². The minimum atomic E-state index is -0.771. The Morgan fingerprint density at radius 3 is 1.74 bits per heavy atom. The molecule has 0 aromatic heterocycles. The molecule has 0 aliphatic carbocycles. The minimum Gasteiger partial charge on any atom is -0.493 e. The van der Waals surface area contributed by atoms with Gasteiger partial charge in [-0.3, -0.25) is 14.4 Å². The van der Waals surface area contributed by atoms with Crippen LogP contribution in [0.15, 0.2) is 60.4 Å². The number of carbonyl (C=O) groups excluding carboxylic acids is 3. The fourth-order valence-electron chi connectivity index (χ4n) is 3.82. The van der Waals surface area contributed by atoms with Crippen molar-refractivity contribution < 1.29 is 33.3 Å². The monoisotopic (exact) mass is 590 g/mol. The van der Waals surface area contributed by atoms with Gasteiger partial charge in [0.25, 0.3) is 0 Å². The Balaban J connectivity index is 2.76. The molecule has 0 atom stereocenters. The summed E-state index contributed by atoms with van der Waals surface area (Å²) in [6, 6.07) is 8.27. The van der Waals surface area contributed by atoms with Crippen molar-refractivity contribution in [2.24, 2.45) is 10.8 Å². The molecule has 0 N–H and O–H groups in total. The largest absolute Gasteiger partial charge is 0.493 e. The van der Waals surface area contributed by atoms with E-state index in [4.69, 9.17) is 18.9 Å². The van der Waals surface area contributed by atoms with Gasteiger partial charge in [0.1, 0.15) is 17.2 Å². The Labute approximate surface area is 256 Å². The van der Waals surface area contributed by atoms with Crippen molar-refractivity contribution in [2.45, 2.75) is 75.2 Å². The molecule has 0 radical (unpaired) electrons. The van der Waals surface area contributed by atoms with Crippen molar-refractivity contribution in [3.8, 4) is 17.2 Å². The van der Waals surface area contributed by atoms with E-state index in [0.29, 0.717) is 47.8 Å². The number of benzene rings is 2. The average molecular weight is 591 g/mol. The topological polar surface area (TPSA) is 88.1 Å². The van der Waals surface area contributed by atoms with Gasteiger partial charge in [0.05, 0.1) is 30.1 Å². The van der Waals surface area contributed by atoms with Crippen molar-refractivity contribution in [1.29, 1.82) is 0 Å². The number of ketones is 1. The van der Waals surface area contributed by atoms with Crippen LogP contribution in [0, 0.1) is 10.8 Å². The van der Waals surface area contributed by atoms with Crippen molar-refractivity contribution in [2.75, 3.05) is 13.7 Å². The van der Waals surface area contributed by atoms with Crippen LogP contribution in [-0.4, -0.2) is 31.4 Å². The molecule has 232 valence electrons. The number of ether oxygens (including phenoxy) is 4. The van der Waals surface area contributed by atoms with Crippen LogP contribution < -0.4 is 14.2 Å². The summed E-state index contributed by atoms with van der Waals surface area (Å²) >= 11 is 0. The molecule has 43 heavy (non-hydrogen) atoms. The third-order valence-corrected chi connectivity index (χ3v) is 6.32. The second kappa shape index (κ2) is 15.4. The highest BCUT2D eigenvalue weighted by atomic mass is 16.5. The fraction of sp³-hybridized carbons (Fsp3) is 0.417. The molecule has 0 saturated heterocycles. The minimum absolute atomic E-state index is 0.0219. The molecule has 0 heterocycles. The Morgan fingerprint density at radius 2 is 1.28 bits per heavy atom. The second-order valence-corrected chi connectivity index (χ2v) is 12.1. The molecule has 2 rings (SSSR count). The first-order valence-electron chi connectivity index (χ1n) is 14.6. The van der Waals surface area contributed by atoms with E-state index < -0.39 is 22.6 Å². The molecule has 0 aliphatic rings. The molecule has 0 saturated carbocycles. The molecule has 0 amide bonds. The predicted octanol–water partition coefficient (Wildman–Crippen LogP) is 8.10. The number of carbonyl (C=O) groups is 3. The first-order chi connectivity index (χ1) is 20.2. The van der Waals surface area contributed by atoms with Gasteiger partial charge in [-0.15, -0.1) is 0 Å². The van der Waals surface area contributed by atoms with E-state index in [2.05, 4.69) is 0 Å². The van der Waals surface area contributed by atoms with E-state index in [1.54, 1.807) is 71.9 Å². The van der Waals surface area contributed by atoms with Crippen LogP contribution in [0.5, 0.6) is 17.2 Å². The van der Waals surface area contributed by atoms with Crippen molar-refractivity contribution >= 4 is 23.8 Å². The Morgan fingerprint density at radius 1 is 0.767 bits per heavy atom. The summed E-state index contributed by atoms with van der Waals surface area (Å²) in [6.07, 6.45) is 10.5. The van der Waals surface area contributed by atoms with Crippen LogP contribution in [0.1, 0.15) is 89.4 Å². The first kappa shape index (κ1) is 35.1. The summed E-state index contributed by atoms with van der Waals surface area (Å²) in [5, 5.41) is 0. The fourth-order valence-corrected chi connectivity index (χ4v) is 3.82. The lowest BCUT2D eigenvalue weighted by atomic mass is 9.95. The zero-order chi connectivity index (χ0) is 32.4. The van der Waals surface area contributed by atoms with E-state index in [-0.39, 0.29) is 11.7 Å². The number of hydrogen-bond donors (Lipinski definition) is 0. The van der Waals surface area contributed by atoms with E-state index in [9.17, 15) is 14.4 Å². The van der Waals surface area contributed by atoms with Crippen LogP contribution in [0.25, 0.3) is 6.08 Å². The Bertz CT molecular complexity index is 1380. The molecule has 2 aromatic rings. The van der Waals surface area contributed by atoms with Crippen LogP contribution in [0.4, 0.5) is 0 Å². The van der Waals surface area contributed by atoms with Gasteiger partial charge in [-0.25, -0.2) is 0 Å².